The molecule has 2 N–H and O–H groups in total. The highest BCUT2D eigenvalue weighted by atomic mass is 19.1. The maximum Gasteiger partial charge on any atom is 0.253 e. The molecule has 0 saturated carbocycles. The van der Waals surface area contributed by atoms with Crippen molar-refractivity contribution in [3.63, 3.8) is 0 Å². The van der Waals surface area contributed by atoms with Crippen molar-refractivity contribution in [2.75, 3.05) is 13.2 Å². The number of carbonyl (C=O) groups is 1. The number of hydrogen-bond donors (Lipinski definition) is 2. The molecule has 2 aromatic carbocycles. The molecular formula is C22H16F2N4O2. The maximum atomic E-state index is 13.4. The number of amides is 1. The first kappa shape index (κ1) is 19.5. The van der Waals surface area contributed by atoms with E-state index in [-0.39, 0.29) is 30.3 Å². The molecule has 0 bridgehead atoms. The number of carbonyl (C=O) groups excluding carboxylic acids is 1. The number of nitrogens with one attached hydrogen (secondary N) is 1. The summed E-state index contributed by atoms with van der Waals surface area (Å²) in [7, 11) is 0. The van der Waals surface area contributed by atoms with Gasteiger partial charge in [-0.3, -0.25) is 4.79 Å². The Morgan fingerprint density at radius 1 is 0.900 bits per heavy atom. The Bertz CT molecular complexity index is 1210. The molecule has 0 fully saturated rings. The Hall–Kier alpha value is -3.78. The number of fused-ring (bicyclic) bond motifs is 1. The summed E-state index contributed by atoms with van der Waals surface area (Å²) < 4.78 is 26.8. The molecule has 0 unspecified atom stereocenters. The zero-order valence-corrected chi connectivity index (χ0v) is 15.6. The normalized spacial score (nSPS) is 10.9. The van der Waals surface area contributed by atoms with Gasteiger partial charge >= 0.3 is 0 Å². The molecular weight excluding hydrogens is 390 g/mol. The molecule has 30 heavy (non-hydrogen) atoms. The van der Waals surface area contributed by atoms with Crippen LogP contribution in [0.3, 0.4) is 0 Å². The van der Waals surface area contributed by atoms with Gasteiger partial charge in [0.15, 0.2) is 5.65 Å². The van der Waals surface area contributed by atoms with Crippen molar-refractivity contribution in [2.24, 2.45) is 0 Å². The molecule has 0 aliphatic heterocycles. The highest BCUT2D eigenvalue weighted by Crippen LogP contribution is 2.31. The number of aliphatic hydroxyl groups is 1. The van der Waals surface area contributed by atoms with Gasteiger partial charge in [0.2, 0.25) is 0 Å². The van der Waals surface area contributed by atoms with Gasteiger partial charge in [-0.15, -0.1) is 0 Å². The van der Waals surface area contributed by atoms with Gasteiger partial charge in [0, 0.05) is 23.9 Å². The largest absolute Gasteiger partial charge is 0.395 e. The quantitative estimate of drug-likeness (QED) is 0.531. The van der Waals surface area contributed by atoms with Crippen LogP contribution >= 0.6 is 0 Å². The number of nitrogens with zero attached hydrogens (tertiary/aromatic N) is 3. The zero-order valence-electron chi connectivity index (χ0n) is 15.6. The van der Waals surface area contributed by atoms with Crippen LogP contribution in [-0.2, 0) is 0 Å². The summed E-state index contributed by atoms with van der Waals surface area (Å²) in [6.07, 6.45) is 1.37. The third-order valence-electron chi connectivity index (χ3n) is 4.42. The summed E-state index contributed by atoms with van der Waals surface area (Å²) in [6.45, 7) is -0.0603. The van der Waals surface area contributed by atoms with Crippen molar-refractivity contribution < 1.29 is 18.7 Å². The summed E-state index contributed by atoms with van der Waals surface area (Å²) in [5, 5.41) is 11.4. The Labute approximate surface area is 170 Å². The summed E-state index contributed by atoms with van der Waals surface area (Å²) >= 11 is 0. The minimum Gasteiger partial charge on any atom is -0.395 e. The lowest BCUT2D eigenvalue weighted by molar-refractivity contribution is 0.0944. The molecule has 0 radical (unpaired) electrons. The number of aliphatic hydroxyl groups excluding tert-OH is 1. The predicted octanol–water partition coefficient (Wildman–Crippen LogP) is 3.36. The van der Waals surface area contributed by atoms with Crippen LogP contribution in [0.5, 0.6) is 0 Å². The second-order valence-corrected chi connectivity index (χ2v) is 6.48. The molecule has 4 aromatic rings. The zero-order chi connectivity index (χ0) is 21.1. The van der Waals surface area contributed by atoms with Gasteiger partial charge in [0.25, 0.3) is 5.91 Å². The van der Waals surface area contributed by atoms with E-state index in [2.05, 4.69) is 20.3 Å². The van der Waals surface area contributed by atoms with Gasteiger partial charge in [-0.25, -0.2) is 23.7 Å². The monoisotopic (exact) mass is 406 g/mol. The Balaban J connectivity index is 1.88. The highest BCUT2D eigenvalue weighted by molar-refractivity contribution is 5.96. The van der Waals surface area contributed by atoms with Crippen molar-refractivity contribution in [2.45, 2.75) is 0 Å². The highest BCUT2D eigenvalue weighted by Gasteiger charge is 2.16. The van der Waals surface area contributed by atoms with E-state index in [1.165, 1.54) is 30.5 Å². The van der Waals surface area contributed by atoms with E-state index in [1.807, 2.05) is 0 Å². The van der Waals surface area contributed by atoms with Gasteiger partial charge in [0.05, 0.1) is 23.6 Å². The van der Waals surface area contributed by atoms with E-state index in [1.54, 1.807) is 30.3 Å². The second kappa shape index (κ2) is 8.30. The summed E-state index contributed by atoms with van der Waals surface area (Å²) in [5.41, 5.74) is 3.08. The minimum atomic E-state index is -0.397. The third-order valence-corrected chi connectivity index (χ3v) is 4.42. The number of rotatable bonds is 5. The summed E-state index contributed by atoms with van der Waals surface area (Å²) in [4.78, 5) is 25.6. The van der Waals surface area contributed by atoms with Crippen LogP contribution in [0.2, 0.25) is 0 Å². The second-order valence-electron chi connectivity index (χ2n) is 6.48. The first-order valence-corrected chi connectivity index (χ1v) is 9.14. The van der Waals surface area contributed by atoms with Crippen molar-refractivity contribution in [3.05, 3.63) is 78.0 Å². The molecule has 0 saturated heterocycles. The van der Waals surface area contributed by atoms with E-state index >= 15 is 0 Å². The summed E-state index contributed by atoms with van der Waals surface area (Å²) in [5.74, 6) is -1.17. The van der Waals surface area contributed by atoms with Gasteiger partial charge in [-0.05, 0) is 54.6 Å². The number of benzene rings is 2. The first-order chi connectivity index (χ1) is 14.5. The summed E-state index contributed by atoms with van der Waals surface area (Å²) in [6, 6.07) is 13.1. The lowest BCUT2D eigenvalue weighted by Crippen LogP contribution is -2.26. The van der Waals surface area contributed by atoms with E-state index in [4.69, 9.17) is 5.11 Å². The van der Waals surface area contributed by atoms with E-state index in [9.17, 15) is 13.6 Å². The van der Waals surface area contributed by atoms with Crippen LogP contribution in [-0.4, -0.2) is 39.1 Å². The number of aromatic nitrogens is 3. The fourth-order valence-corrected chi connectivity index (χ4v) is 2.96. The van der Waals surface area contributed by atoms with E-state index in [0.29, 0.717) is 33.7 Å². The van der Waals surface area contributed by atoms with Crippen molar-refractivity contribution in [1.82, 2.24) is 20.3 Å². The van der Waals surface area contributed by atoms with Crippen LogP contribution in [0.4, 0.5) is 8.78 Å². The van der Waals surface area contributed by atoms with Gasteiger partial charge in [-0.1, -0.05) is 0 Å². The van der Waals surface area contributed by atoms with Gasteiger partial charge in [0.1, 0.15) is 17.2 Å². The Morgan fingerprint density at radius 3 is 2.03 bits per heavy atom. The maximum absolute atomic E-state index is 13.4. The van der Waals surface area contributed by atoms with Gasteiger partial charge < -0.3 is 10.4 Å². The molecule has 6 nitrogen and oxygen atoms in total. The van der Waals surface area contributed by atoms with Crippen molar-refractivity contribution in [3.8, 4) is 22.5 Å². The van der Waals surface area contributed by atoms with E-state index < -0.39 is 5.91 Å². The van der Waals surface area contributed by atoms with Crippen LogP contribution in [0, 0.1) is 11.6 Å². The average molecular weight is 406 g/mol. The molecule has 0 aliphatic carbocycles. The molecule has 1 amide bonds. The lowest BCUT2D eigenvalue weighted by Gasteiger charge is -2.11. The van der Waals surface area contributed by atoms with Crippen molar-refractivity contribution >= 4 is 17.1 Å². The molecule has 0 atom stereocenters. The first-order valence-electron chi connectivity index (χ1n) is 9.14. The smallest absolute Gasteiger partial charge is 0.253 e. The molecule has 8 heteroatoms. The Morgan fingerprint density at radius 2 is 1.47 bits per heavy atom. The molecule has 4 rings (SSSR count). The minimum absolute atomic E-state index is 0.118. The molecule has 150 valence electrons. The predicted molar refractivity (Wildman–Crippen MR) is 108 cm³/mol. The number of halogens is 2. The topological polar surface area (TPSA) is 88.0 Å². The fourth-order valence-electron chi connectivity index (χ4n) is 2.96. The van der Waals surface area contributed by atoms with Crippen LogP contribution in [0.25, 0.3) is 33.7 Å². The standard InChI is InChI=1S/C22H16F2N4O2/c23-16-5-1-13(2-6-16)19-20(14-3-7-17(24)8-4-14)28-21-18(27-19)11-15(12-26-21)22(30)25-9-10-29/h1-8,11-12,29H,9-10H2,(H,25,30). The molecule has 0 aliphatic rings. The third kappa shape index (κ3) is 3.99. The molecule has 2 aromatic heterocycles. The van der Waals surface area contributed by atoms with Crippen molar-refractivity contribution in [1.29, 1.82) is 0 Å². The van der Waals surface area contributed by atoms with Crippen LogP contribution in [0.1, 0.15) is 10.4 Å². The number of hydrogen-bond acceptors (Lipinski definition) is 5. The van der Waals surface area contributed by atoms with Gasteiger partial charge in [-0.2, -0.15) is 0 Å². The average Bonchev–Trinajstić information content (AvgIpc) is 2.77. The Kier molecular flexibility index (Phi) is 5.40. The van der Waals surface area contributed by atoms with Crippen LogP contribution in [0.15, 0.2) is 60.8 Å². The fraction of sp³-hybridized carbons (Fsp3) is 0.0909. The number of pyridine rings is 1. The lowest BCUT2D eigenvalue weighted by atomic mass is 10.0. The molecule has 2 heterocycles. The van der Waals surface area contributed by atoms with E-state index in [0.717, 1.165) is 0 Å². The molecule has 0 spiro atoms. The SMILES string of the molecule is O=C(NCCO)c1cnc2nc(-c3ccc(F)cc3)c(-c3ccc(F)cc3)nc2c1. The van der Waals surface area contributed by atoms with Crippen LogP contribution < -0.4 is 5.32 Å².